The van der Waals surface area contributed by atoms with Gasteiger partial charge in [-0.1, -0.05) is 0 Å². The summed E-state index contributed by atoms with van der Waals surface area (Å²) in [5, 5.41) is 2.89. The first kappa shape index (κ1) is 23.3. The Bertz CT molecular complexity index is 1130. The average molecular weight is 517 g/mol. The van der Waals surface area contributed by atoms with Gasteiger partial charge in [-0.3, -0.25) is 0 Å². The lowest BCUT2D eigenvalue weighted by Crippen LogP contribution is -2.40. The highest BCUT2D eigenvalue weighted by molar-refractivity contribution is 9.10. The molecule has 9 nitrogen and oxygen atoms in total. The first-order chi connectivity index (χ1) is 15.7. The number of methoxy groups -OCH3 is 1. The molecule has 0 unspecified atom stereocenters. The third-order valence-corrected chi connectivity index (χ3v) is 6.15. The number of hydrogen-bond acceptors (Lipinski definition) is 7. The van der Waals surface area contributed by atoms with E-state index in [9.17, 15) is 4.79 Å². The summed E-state index contributed by atoms with van der Waals surface area (Å²) < 4.78 is 11.5. The maximum Gasteiger partial charge on any atom is 0.407 e. The number of alkyl carbamates (subject to hydrolysis) is 1. The number of nitrogens with one attached hydrogen (secondary N) is 2. The molecule has 33 heavy (non-hydrogen) atoms. The molecule has 4 rings (SSSR count). The summed E-state index contributed by atoms with van der Waals surface area (Å²) in [7, 11) is 1.64. The van der Waals surface area contributed by atoms with Crippen molar-refractivity contribution in [2.45, 2.75) is 39.2 Å². The largest absolute Gasteiger partial charge is 0.496 e. The fraction of sp³-hybridized carbons (Fsp3) is 0.478. The third-order valence-electron chi connectivity index (χ3n) is 5.53. The van der Waals surface area contributed by atoms with Crippen LogP contribution in [0.1, 0.15) is 33.6 Å². The van der Waals surface area contributed by atoms with E-state index >= 15 is 0 Å². The highest BCUT2D eigenvalue weighted by Gasteiger charge is 2.24. The monoisotopic (exact) mass is 516 g/mol. The van der Waals surface area contributed by atoms with E-state index in [4.69, 9.17) is 14.5 Å². The Labute approximate surface area is 201 Å². The lowest BCUT2D eigenvalue weighted by atomic mass is 9.97. The van der Waals surface area contributed by atoms with Crippen LogP contribution in [0.2, 0.25) is 0 Å². The van der Waals surface area contributed by atoms with Crippen molar-refractivity contribution in [3.63, 3.8) is 0 Å². The van der Waals surface area contributed by atoms with Gasteiger partial charge in [0.1, 0.15) is 22.6 Å². The van der Waals surface area contributed by atoms with Crippen LogP contribution >= 0.6 is 15.9 Å². The van der Waals surface area contributed by atoms with Gasteiger partial charge in [0.25, 0.3) is 0 Å². The Morgan fingerprint density at radius 3 is 2.70 bits per heavy atom. The second kappa shape index (κ2) is 9.54. The number of anilines is 1. The molecule has 3 aromatic rings. The van der Waals surface area contributed by atoms with Crippen LogP contribution in [0.3, 0.4) is 0 Å². The van der Waals surface area contributed by atoms with Gasteiger partial charge in [0.05, 0.1) is 17.9 Å². The Morgan fingerprint density at radius 2 is 2.03 bits per heavy atom. The van der Waals surface area contributed by atoms with E-state index in [1.807, 2.05) is 39.0 Å². The van der Waals surface area contributed by atoms with Crippen LogP contribution in [-0.2, 0) is 4.74 Å². The number of ether oxygens (including phenoxy) is 2. The van der Waals surface area contributed by atoms with Crippen molar-refractivity contribution in [2.24, 2.45) is 5.92 Å². The molecule has 2 N–H and O–H groups in total. The van der Waals surface area contributed by atoms with E-state index in [2.05, 4.69) is 41.1 Å². The summed E-state index contributed by atoms with van der Waals surface area (Å²) in [5.41, 5.74) is 2.68. The standard InChI is InChI=1S/C23H29BrN6O3/c1-23(2,3)33-22(31)25-12-14-7-9-30(10-8-14)21-28-18(19-20(29-21)27-13-26-19)15-5-6-17(32-4)16(24)11-15/h5-6,11,13-14H,7-10,12H2,1-4H3,(H,25,31)(H,26,27,28,29). The van der Waals surface area contributed by atoms with E-state index < -0.39 is 5.60 Å². The molecule has 1 amide bonds. The van der Waals surface area contributed by atoms with Crippen molar-refractivity contribution >= 4 is 39.1 Å². The summed E-state index contributed by atoms with van der Waals surface area (Å²) >= 11 is 3.56. The smallest absolute Gasteiger partial charge is 0.407 e. The van der Waals surface area contributed by atoms with Gasteiger partial charge in [-0.05, 0) is 73.7 Å². The molecular formula is C23H29BrN6O3. The lowest BCUT2D eigenvalue weighted by molar-refractivity contribution is 0.0516. The second-order valence-electron chi connectivity index (χ2n) is 9.14. The number of fused-ring (bicyclic) bond motifs is 1. The second-order valence-corrected chi connectivity index (χ2v) is 9.99. The van der Waals surface area contributed by atoms with Gasteiger partial charge < -0.3 is 24.7 Å². The molecule has 3 heterocycles. The Hall–Kier alpha value is -2.88. The Morgan fingerprint density at radius 1 is 1.27 bits per heavy atom. The number of aromatic nitrogens is 4. The van der Waals surface area contributed by atoms with Crippen molar-refractivity contribution in [3.05, 3.63) is 29.0 Å². The summed E-state index contributed by atoms with van der Waals surface area (Å²) in [6.45, 7) is 7.80. The van der Waals surface area contributed by atoms with E-state index in [0.29, 0.717) is 24.1 Å². The highest BCUT2D eigenvalue weighted by atomic mass is 79.9. The Balaban J connectivity index is 1.47. The minimum absolute atomic E-state index is 0.368. The number of benzene rings is 1. The van der Waals surface area contributed by atoms with Crippen molar-refractivity contribution in [2.75, 3.05) is 31.6 Å². The van der Waals surface area contributed by atoms with Crippen LogP contribution in [0.4, 0.5) is 10.7 Å². The van der Waals surface area contributed by atoms with Crippen molar-refractivity contribution in [1.29, 1.82) is 0 Å². The summed E-state index contributed by atoms with van der Waals surface area (Å²) in [5.74, 6) is 1.81. The number of carbonyl (C=O) groups excluding carboxylic acids is 1. The minimum Gasteiger partial charge on any atom is -0.496 e. The van der Waals surface area contributed by atoms with Gasteiger partial charge in [0.2, 0.25) is 5.95 Å². The van der Waals surface area contributed by atoms with Crippen molar-refractivity contribution in [1.82, 2.24) is 25.3 Å². The molecule has 0 saturated carbocycles. The molecule has 0 atom stereocenters. The number of imidazole rings is 1. The van der Waals surface area contributed by atoms with Gasteiger partial charge in [-0.2, -0.15) is 4.98 Å². The molecule has 0 aliphatic carbocycles. The number of H-pyrrole nitrogens is 1. The maximum absolute atomic E-state index is 11.9. The zero-order chi connectivity index (χ0) is 23.6. The van der Waals surface area contributed by atoms with E-state index in [1.165, 1.54) is 0 Å². The third kappa shape index (κ3) is 5.55. The number of hydrogen-bond donors (Lipinski definition) is 2. The molecule has 1 fully saturated rings. The van der Waals surface area contributed by atoms with Crippen LogP contribution in [0.5, 0.6) is 5.75 Å². The van der Waals surface area contributed by atoms with Crippen LogP contribution in [0.15, 0.2) is 29.0 Å². The number of halogens is 1. The molecular weight excluding hydrogens is 488 g/mol. The molecule has 1 aliphatic heterocycles. The number of amides is 1. The predicted molar refractivity (Wildman–Crippen MR) is 131 cm³/mol. The molecule has 176 valence electrons. The lowest BCUT2D eigenvalue weighted by Gasteiger charge is -2.32. The topological polar surface area (TPSA) is 105 Å². The average Bonchev–Trinajstić information content (AvgIpc) is 3.25. The van der Waals surface area contributed by atoms with Crippen molar-refractivity contribution < 1.29 is 14.3 Å². The van der Waals surface area contributed by atoms with E-state index in [0.717, 1.165) is 52.9 Å². The maximum atomic E-state index is 11.9. The molecule has 0 radical (unpaired) electrons. The molecule has 1 saturated heterocycles. The quantitative estimate of drug-likeness (QED) is 0.512. The van der Waals surface area contributed by atoms with Gasteiger partial charge in [0, 0.05) is 25.2 Å². The van der Waals surface area contributed by atoms with E-state index in [1.54, 1.807) is 13.4 Å². The fourth-order valence-corrected chi connectivity index (χ4v) is 4.41. The van der Waals surface area contributed by atoms with Gasteiger partial charge in [0.15, 0.2) is 5.65 Å². The van der Waals surface area contributed by atoms with Crippen LogP contribution in [0, 0.1) is 5.92 Å². The first-order valence-corrected chi connectivity index (χ1v) is 11.8. The summed E-state index contributed by atoms with van der Waals surface area (Å²) in [4.78, 5) is 31.2. The van der Waals surface area contributed by atoms with Crippen LogP contribution < -0.4 is 15.0 Å². The predicted octanol–water partition coefficient (Wildman–Crippen LogP) is 4.53. The molecule has 1 aliphatic rings. The van der Waals surface area contributed by atoms with E-state index in [-0.39, 0.29) is 6.09 Å². The molecule has 0 bridgehead atoms. The van der Waals surface area contributed by atoms with Gasteiger partial charge in [-0.15, -0.1) is 0 Å². The zero-order valence-electron chi connectivity index (χ0n) is 19.3. The number of aromatic amines is 1. The van der Waals surface area contributed by atoms with Crippen LogP contribution in [-0.4, -0.2) is 58.4 Å². The van der Waals surface area contributed by atoms with Gasteiger partial charge in [-0.25, -0.2) is 14.8 Å². The molecule has 1 aromatic carbocycles. The molecule has 0 spiro atoms. The normalized spacial score (nSPS) is 15.0. The molecule has 2 aromatic heterocycles. The summed E-state index contributed by atoms with van der Waals surface area (Å²) in [6.07, 6.45) is 3.13. The number of nitrogens with zero attached hydrogens (tertiary/aromatic N) is 4. The van der Waals surface area contributed by atoms with Gasteiger partial charge >= 0.3 is 6.09 Å². The highest BCUT2D eigenvalue weighted by Crippen LogP contribution is 2.33. The SMILES string of the molecule is COc1ccc(-c2nc(N3CCC(CNC(=O)OC(C)(C)C)CC3)nc3nc[nH]c23)cc1Br. The minimum atomic E-state index is -0.493. The Kier molecular flexibility index (Phi) is 6.73. The number of carbonyl (C=O) groups is 1. The van der Waals surface area contributed by atoms with Crippen LogP contribution in [0.25, 0.3) is 22.4 Å². The molecule has 10 heteroatoms. The zero-order valence-corrected chi connectivity index (χ0v) is 20.9. The first-order valence-electron chi connectivity index (χ1n) is 11.0. The summed E-state index contributed by atoms with van der Waals surface area (Å²) in [6, 6.07) is 5.87. The number of rotatable bonds is 5. The van der Waals surface area contributed by atoms with Crippen molar-refractivity contribution in [3.8, 4) is 17.0 Å². The number of piperidine rings is 1. The fourth-order valence-electron chi connectivity index (χ4n) is 3.86.